The number of hydrogen-bond acceptors (Lipinski definition) is 9. The highest BCUT2D eigenvalue weighted by Crippen LogP contribution is 2.54. The Labute approximate surface area is 174 Å². The van der Waals surface area contributed by atoms with Crippen LogP contribution in [0.25, 0.3) is 0 Å². The van der Waals surface area contributed by atoms with Gasteiger partial charge in [0.25, 0.3) is 5.91 Å². The highest BCUT2D eigenvalue weighted by atomic mass is 16.7. The first-order valence-corrected chi connectivity index (χ1v) is 9.73. The van der Waals surface area contributed by atoms with Crippen molar-refractivity contribution in [3.63, 3.8) is 0 Å². The van der Waals surface area contributed by atoms with E-state index in [4.69, 9.17) is 14.2 Å². The van der Waals surface area contributed by atoms with Crippen LogP contribution in [-0.4, -0.2) is 70.4 Å². The second kappa shape index (κ2) is 7.05. The smallest absolute Gasteiger partial charge is 0.311 e. The summed E-state index contributed by atoms with van der Waals surface area (Å²) in [6, 6.07) is 0. The third-order valence-corrected chi connectivity index (χ3v) is 5.10. The molecule has 0 spiro atoms. The topological polar surface area (TPSA) is 131 Å². The van der Waals surface area contributed by atoms with Crippen LogP contribution in [-0.2, 0) is 33.4 Å². The molecule has 10 nitrogen and oxygen atoms in total. The second-order valence-corrected chi connectivity index (χ2v) is 9.89. The Bertz CT molecular complexity index is 809. The van der Waals surface area contributed by atoms with Crippen molar-refractivity contribution < 1.29 is 38.5 Å². The summed E-state index contributed by atoms with van der Waals surface area (Å²) in [7, 11) is 0. The van der Waals surface area contributed by atoms with Gasteiger partial charge in [0, 0.05) is 12.3 Å². The van der Waals surface area contributed by atoms with Crippen molar-refractivity contribution in [1.82, 2.24) is 10.2 Å². The Balaban J connectivity index is 1.86. The molecule has 1 saturated heterocycles. The highest BCUT2D eigenvalue weighted by Gasteiger charge is 2.81. The molecule has 2 heterocycles. The van der Waals surface area contributed by atoms with Crippen LogP contribution in [0.2, 0.25) is 0 Å². The van der Waals surface area contributed by atoms with Crippen molar-refractivity contribution in [2.75, 3.05) is 6.54 Å². The van der Waals surface area contributed by atoms with Crippen LogP contribution in [0.15, 0.2) is 12.3 Å². The van der Waals surface area contributed by atoms with Gasteiger partial charge in [-0.3, -0.25) is 24.5 Å². The Morgan fingerprint density at radius 2 is 1.63 bits per heavy atom. The summed E-state index contributed by atoms with van der Waals surface area (Å²) in [5.41, 5.74) is -3.42. The largest absolute Gasteiger partial charge is 0.456 e. The first-order valence-electron chi connectivity index (χ1n) is 9.73. The average molecular weight is 424 g/mol. The number of nitrogens with one attached hydrogen (secondary N) is 1. The Hall–Kier alpha value is -2.46. The number of carbonyl (C=O) groups excluding carboxylic acids is 4. The van der Waals surface area contributed by atoms with Crippen LogP contribution in [0.4, 0.5) is 0 Å². The lowest BCUT2D eigenvalue weighted by molar-refractivity contribution is -0.188. The predicted octanol–water partition coefficient (Wildman–Crippen LogP) is -0.156. The fraction of sp³-hybridized carbons (Fsp3) is 0.700. The molecular weight excluding hydrogens is 396 g/mol. The molecule has 166 valence electrons. The van der Waals surface area contributed by atoms with E-state index in [2.05, 4.69) is 5.32 Å². The van der Waals surface area contributed by atoms with E-state index in [9.17, 15) is 24.3 Å². The van der Waals surface area contributed by atoms with E-state index in [0.29, 0.717) is 0 Å². The van der Waals surface area contributed by atoms with E-state index >= 15 is 0 Å². The lowest BCUT2D eigenvalue weighted by atomic mass is 9.97. The Morgan fingerprint density at radius 1 is 1.10 bits per heavy atom. The van der Waals surface area contributed by atoms with Crippen molar-refractivity contribution >= 4 is 23.8 Å². The molecule has 10 heteroatoms. The van der Waals surface area contributed by atoms with Gasteiger partial charge in [-0.05, 0) is 41.5 Å². The maximum atomic E-state index is 12.6. The minimum absolute atomic E-state index is 0.244. The van der Waals surface area contributed by atoms with Gasteiger partial charge in [0.05, 0.1) is 17.4 Å². The molecule has 0 bridgehead atoms. The van der Waals surface area contributed by atoms with Gasteiger partial charge >= 0.3 is 11.9 Å². The summed E-state index contributed by atoms with van der Waals surface area (Å²) in [4.78, 5) is 49.7. The zero-order chi connectivity index (χ0) is 22.6. The zero-order valence-electron chi connectivity index (χ0n) is 17.9. The molecule has 2 fully saturated rings. The minimum atomic E-state index is -1.76. The summed E-state index contributed by atoms with van der Waals surface area (Å²) in [5, 5.41) is 13.4. The van der Waals surface area contributed by atoms with Gasteiger partial charge in [-0.15, -0.1) is 0 Å². The van der Waals surface area contributed by atoms with Crippen LogP contribution >= 0.6 is 0 Å². The standard InChI is InChI=1S/C20H28N2O8/c1-18(2,3)16(25)29-13-12-20(13,27)14(30-17(26)19(4,5)6)15(28-12)22-8-7-10(23)21-11(24)9-22/h7-8,12-15,27H,9H2,1-6H3,(H,21,23,24)/t12-,13?,14+,15-,20+/m1/s1. The number of imide groups is 1. The molecule has 2 N–H and O–H groups in total. The Kier molecular flexibility index (Phi) is 5.23. The van der Waals surface area contributed by atoms with Gasteiger partial charge in [0.2, 0.25) is 5.91 Å². The van der Waals surface area contributed by atoms with E-state index < -0.39 is 64.7 Å². The molecule has 0 aromatic heterocycles. The van der Waals surface area contributed by atoms with Crippen LogP contribution in [0.5, 0.6) is 0 Å². The van der Waals surface area contributed by atoms with E-state index in [-0.39, 0.29) is 6.54 Å². The van der Waals surface area contributed by atoms with E-state index in [0.717, 1.165) is 6.08 Å². The molecule has 1 saturated carbocycles. The normalized spacial score (nSPS) is 33.5. The van der Waals surface area contributed by atoms with Crippen LogP contribution < -0.4 is 5.32 Å². The van der Waals surface area contributed by atoms with Gasteiger partial charge in [0.1, 0.15) is 6.10 Å². The van der Waals surface area contributed by atoms with Crippen molar-refractivity contribution in [1.29, 1.82) is 0 Å². The lowest BCUT2D eigenvalue weighted by Gasteiger charge is -2.34. The third kappa shape index (κ3) is 3.93. The monoisotopic (exact) mass is 424 g/mol. The molecule has 0 radical (unpaired) electrons. The maximum absolute atomic E-state index is 12.6. The number of rotatable bonds is 3. The fourth-order valence-corrected chi connectivity index (χ4v) is 3.21. The minimum Gasteiger partial charge on any atom is -0.456 e. The quantitative estimate of drug-likeness (QED) is 0.469. The van der Waals surface area contributed by atoms with E-state index in [1.807, 2.05) is 0 Å². The van der Waals surface area contributed by atoms with Gasteiger partial charge < -0.3 is 24.2 Å². The molecule has 0 aromatic rings. The number of ether oxygens (including phenoxy) is 3. The number of nitrogens with zero attached hydrogens (tertiary/aromatic N) is 1. The van der Waals surface area contributed by atoms with Gasteiger partial charge in [0.15, 0.2) is 24.0 Å². The van der Waals surface area contributed by atoms with Crippen molar-refractivity contribution in [2.45, 2.75) is 71.7 Å². The molecule has 3 rings (SSSR count). The number of amides is 2. The summed E-state index contributed by atoms with van der Waals surface area (Å²) in [6.07, 6.45) is -1.73. The zero-order valence-corrected chi connectivity index (χ0v) is 17.9. The second-order valence-electron chi connectivity index (χ2n) is 9.89. The first-order chi connectivity index (χ1) is 13.7. The molecular formula is C20H28N2O8. The fourth-order valence-electron chi connectivity index (χ4n) is 3.21. The molecule has 5 atom stereocenters. The predicted molar refractivity (Wildman–Crippen MR) is 101 cm³/mol. The molecule has 3 aliphatic rings. The summed E-state index contributed by atoms with van der Waals surface area (Å²) < 4.78 is 16.9. The maximum Gasteiger partial charge on any atom is 0.311 e. The van der Waals surface area contributed by atoms with E-state index in [1.165, 1.54) is 11.1 Å². The number of aliphatic hydroxyl groups is 1. The third-order valence-electron chi connectivity index (χ3n) is 5.10. The summed E-state index contributed by atoms with van der Waals surface area (Å²) in [6.45, 7) is 9.75. The molecule has 2 aliphatic heterocycles. The van der Waals surface area contributed by atoms with Crippen molar-refractivity contribution in [3.05, 3.63) is 12.3 Å². The van der Waals surface area contributed by atoms with Crippen LogP contribution in [0.1, 0.15) is 41.5 Å². The highest BCUT2D eigenvalue weighted by molar-refractivity contribution is 6.02. The van der Waals surface area contributed by atoms with Crippen LogP contribution in [0, 0.1) is 10.8 Å². The number of fused-ring (bicyclic) bond motifs is 1. The molecule has 2 amide bonds. The summed E-state index contributed by atoms with van der Waals surface area (Å²) in [5.74, 6) is -2.29. The summed E-state index contributed by atoms with van der Waals surface area (Å²) >= 11 is 0. The Morgan fingerprint density at radius 3 is 2.17 bits per heavy atom. The lowest BCUT2D eigenvalue weighted by Crippen LogP contribution is -2.52. The SMILES string of the molecule is CC(C)(C)C(=O)OC1[C@H]2O[C@@H](N3C=CC(=O)NC(=O)C3)[C@H](OC(=O)C(C)(C)C)[C@@]12O. The molecule has 1 unspecified atom stereocenters. The number of esters is 2. The first kappa shape index (κ1) is 22.2. The van der Waals surface area contributed by atoms with Crippen molar-refractivity contribution in [2.24, 2.45) is 10.8 Å². The molecule has 1 aliphatic carbocycles. The number of carbonyl (C=O) groups is 4. The van der Waals surface area contributed by atoms with E-state index in [1.54, 1.807) is 41.5 Å². The van der Waals surface area contributed by atoms with Gasteiger partial charge in [-0.1, -0.05) is 0 Å². The van der Waals surface area contributed by atoms with Crippen LogP contribution in [0.3, 0.4) is 0 Å². The molecule has 30 heavy (non-hydrogen) atoms. The van der Waals surface area contributed by atoms with Crippen molar-refractivity contribution in [3.8, 4) is 0 Å². The molecule has 0 aromatic carbocycles. The van der Waals surface area contributed by atoms with Gasteiger partial charge in [-0.25, -0.2) is 0 Å². The van der Waals surface area contributed by atoms with Gasteiger partial charge in [-0.2, -0.15) is 0 Å². The average Bonchev–Trinajstić information content (AvgIpc) is 3.09. The number of hydrogen-bond donors (Lipinski definition) is 2.